The molecule has 25 heavy (non-hydrogen) atoms. The number of nitrogens with zero attached hydrogens (tertiary/aromatic N) is 4. The Balaban J connectivity index is 1.32. The van der Waals surface area contributed by atoms with Crippen molar-refractivity contribution in [3.05, 3.63) is 35.9 Å². The fourth-order valence-corrected chi connectivity index (χ4v) is 3.27. The highest BCUT2D eigenvalue weighted by molar-refractivity contribution is 6.35. The Morgan fingerprint density at radius 3 is 2.76 bits per heavy atom. The molecule has 0 aromatic carbocycles. The summed E-state index contributed by atoms with van der Waals surface area (Å²) >= 11 is 0. The Kier molecular flexibility index (Phi) is 4.03. The van der Waals surface area contributed by atoms with Gasteiger partial charge >= 0.3 is 11.8 Å². The molecule has 0 spiro atoms. The van der Waals surface area contributed by atoms with Crippen LogP contribution in [-0.2, 0) is 16.0 Å². The van der Waals surface area contributed by atoms with Crippen LogP contribution in [0.1, 0.15) is 42.7 Å². The van der Waals surface area contributed by atoms with Crippen LogP contribution in [0.2, 0.25) is 0 Å². The molecule has 2 aromatic rings. The summed E-state index contributed by atoms with van der Waals surface area (Å²) in [6, 6.07) is 3.83. The molecule has 8 nitrogen and oxygen atoms in total. The van der Waals surface area contributed by atoms with Gasteiger partial charge in [-0.1, -0.05) is 5.16 Å². The first-order chi connectivity index (χ1) is 12.2. The second-order valence-electron chi connectivity index (χ2n) is 6.44. The third kappa shape index (κ3) is 3.04. The Labute approximate surface area is 144 Å². The zero-order valence-electron chi connectivity index (χ0n) is 14.1. The minimum absolute atomic E-state index is 0.212. The van der Waals surface area contributed by atoms with Crippen molar-refractivity contribution < 1.29 is 18.5 Å². The quantitative estimate of drug-likeness (QED) is 0.730. The summed E-state index contributed by atoms with van der Waals surface area (Å²) in [4.78, 5) is 31.5. The van der Waals surface area contributed by atoms with Gasteiger partial charge in [0.05, 0.1) is 6.26 Å². The fraction of sp³-hybridized carbons (Fsp3) is 0.529. The van der Waals surface area contributed by atoms with Crippen LogP contribution in [0.15, 0.2) is 27.3 Å². The van der Waals surface area contributed by atoms with E-state index in [1.54, 1.807) is 16.1 Å². The van der Waals surface area contributed by atoms with Crippen molar-refractivity contribution in [3.8, 4) is 0 Å². The standard InChI is InChI=1S/C17H20N4O4/c1-2-20-7-8-21(17(23)16(20)22)6-5-14-18-15(25-19-14)12-10-11(12)13-4-3-9-24-13/h3-4,9,11-12H,2,5-8,10H2,1H3/t11-,12+/m0/s1. The normalized spacial score (nSPS) is 23.4. The first-order valence-electron chi connectivity index (χ1n) is 8.61. The van der Waals surface area contributed by atoms with Crippen LogP contribution in [-0.4, -0.2) is 57.9 Å². The van der Waals surface area contributed by atoms with E-state index < -0.39 is 11.8 Å². The summed E-state index contributed by atoms with van der Waals surface area (Å²) in [5, 5.41) is 4.00. The molecule has 132 valence electrons. The van der Waals surface area contributed by atoms with E-state index in [0.717, 1.165) is 12.2 Å². The molecule has 0 bridgehead atoms. The molecular formula is C17H20N4O4. The summed E-state index contributed by atoms with van der Waals surface area (Å²) in [5.74, 6) is 1.78. The van der Waals surface area contributed by atoms with E-state index in [-0.39, 0.29) is 5.92 Å². The van der Waals surface area contributed by atoms with Crippen LogP contribution in [0, 0.1) is 0 Å². The predicted octanol–water partition coefficient (Wildman–Crippen LogP) is 1.17. The van der Waals surface area contributed by atoms with Gasteiger partial charge in [-0.05, 0) is 25.5 Å². The maximum Gasteiger partial charge on any atom is 0.312 e. The van der Waals surface area contributed by atoms with Gasteiger partial charge in [0, 0.05) is 44.4 Å². The number of furan rings is 1. The average Bonchev–Trinajstić information content (AvgIpc) is 3.03. The van der Waals surface area contributed by atoms with E-state index in [0.29, 0.717) is 50.2 Å². The number of carbonyl (C=O) groups excluding carboxylic acids is 2. The minimum atomic E-state index is -0.447. The van der Waals surface area contributed by atoms with Gasteiger partial charge in [0.15, 0.2) is 5.82 Å². The topological polar surface area (TPSA) is 92.7 Å². The predicted molar refractivity (Wildman–Crippen MR) is 85.6 cm³/mol. The van der Waals surface area contributed by atoms with E-state index in [1.165, 1.54) is 0 Å². The van der Waals surface area contributed by atoms with Crippen molar-refractivity contribution in [2.75, 3.05) is 26.2 Å². The van der Waals surface area contributed by atoms with Crippen LogP contribution < -0.4 is 0 Å². The molecule has 0 radical (unpaired) electrons. The fourth-order valence-electron chi connectivity index (χ4n) is 3.27. The molecule has 1 saturated heterocycles. The van der Waals surface area contributed by atoms with Crippen LogP contribution in [0.5, 0.6) is 0 Å². The molecule has 1 aliphatic heterocycles. The van der Waals surface area contributed by atoms with Crippen molar-refractivity contribution in [2.24, 2.45) is 0 Å². The highest BCUT2D eigenvalue weighted by Gasteiger charge is 2.45. The van der Waals surface area contributed by atoms with Crippen molar-refractivity contribution in [3.63, 3.8) is 0 Å². The van der Waals surface area contributed by atoms with Gasteiger partial charge in [-0.3, -0.25) is 9.59 Å². The highest BCUT2D eigenvalue weighted by Crippen LogP contribution is 2.54. The van der Waals surface area contributed by atoms with E-state index in [1.807, 2.05) is 19.1 Å². The van der Waals surface area contributed by atoms with Gasteiger partial charge in [-0.15, -0.1) is 0 Å². The molecule has 8 heteroatoms. The monoisotopic (exact) mass is 344 g/mol. The summed E-state index contributed by atoms with van der Waals surface area (Å²) in [7, 11) is 0. The molecule has 2 atom stereocenters. The molecule has 3 heterocycles. The Morgan fingerprint density at radius 2 is 2.00 bits per heavy atom. The number of carbonyl (C=O) groups is 2. The van der Waals surface area contributed by atoms with E-state index >= 15 is 0 Å². The van der Waals surface area contributed by atoms with Crippen molar-refractivity contribution in [1.29, 1.82) is 0 Å². The number of hydrogen-bond donors (Lipinski definition) is 0. The van der Waals surface area contributed by atoms with Gasteiger partial charge in [0.2, 0.25) is 5.89 Å². The Hall–Kier alpha value is -2.64. The first-order valence-corrected chi connectivity index (χ1v) is 8.61. The Morgan fingerprint density at radius 1 is 1.20 bits per heavy atom. The lowest BCUT2D eigenvalue weighted by Gasteiger charge is -2.32. The second kappa shape index (κ2) is 6.34. The van der Waals surface area contributed by atoms with Gasteiger partial charge in [-0.2, -0.15) is 4.98 Å². The first kappa shape index (κ1) is 15.9. The lowest BCUT2D eigenvalue weighted by atomic mass is 10.2. The summed E-state index contributed by atoms with van der Waals surface area (Å²) in [5.41, 5.74) is 0. The third-order valence-electron chi connectivity index (χ3n) is 4.88. The minimum Gasteiger partial charge on any atom is -0.469 e. The molecule has 2 aliphatic rings. The van der Waals surface area contributed by atoms with Crippen molar-refractivity contribution >= 4 is 11.8 Å². The number of piperazine rings is 1. The van der Waals surface area contributed by atoms with Crippen LogP contribution in [0.25, 0.3) is 0 Å². The number of amides is 2. The summed E-state index contributed by atoms with van der Waals surface area (Å²) in [6.45, 7) is 3.98. The van der Waals surface area contributed by atoms with Crippen LogP contribution in [0.4, 0.5) is 0 Å². The van der Waals surface area contributed by atoms with Gasteiger partial charge < -0.3 is 18.7 Å². The molecule has 1 saturated carbocycles. The van der Waals surface area contributed by atoms with Crippen LogP contribution in [0.3, 0.4) is 0 Å². The maximum atomic E-state index is 12.1. The Bertz CT molecular complexity index is 769. The molecule has 0 unspecified atom stereocenters. The second-order valence-corrected chi connectivity index (χ2v) is 6.44. The third-order valence-corrected chi connectivity index (χ3v) is 4.88. The lowest BCUT2D eigenvalue weighted by Crippen LogP contribution is -2.54. The molecule has 0 N–H and O–H groups in total. The van der Waals surface area contributed by atoms with Gasteiger partial charge in [-0.25, -0.2) is 0 Å². The largest absolute Gasteiger partial charge is 0.469 e. The zero-order chi connectivity index (χ0) is 17.4. The van der Waals surface area contributed by atoms with Gasteiger partial charge in [0.1, 0.15) is 5.76 Å². The average molecular weight is 344 g/mol. The van der Waals surface area contributed by atoms with E-state index in [9.17, 15) is 9.59 Å². The highest BCUT2D eigenvalue weighted by atomic mass is 16.5. The summed E-state index contributed by atoms with van der Waals surface area (Å²) < 4.78 is 10.8. The SMILES string of the molecule is CCN1CCN(CCc2noc([C@@H]3C[C@@H]3c3ccco3)n2)C(=O)C1=O. The van der Waals surface area contributed by atoms with Gasteiger partial charge in [0.25, 0.3) is 0 Å². The molecular weight excluding hydrogens is 324 g/mol. The smallest absolute Gasteiger partial charge is 0.312 e. The lowest BCUT2D eigenvalue weighted by molar-refractivity contribution is -0.155. The number of aromatic nitrogens is 2. The molecule has 1 aliphatic carbocycles. The molecule has 2 amide bonds. The van der Waals surface area contributed by atoms with Crippen molar-refractivity contribution in [1.82, 2.24) is 19.9 Å². The number of likely N-dealkylation sites (N-methyl/N-ethyl adjacent to an activating group) is 1. The van der Waals surface area contributed by atoms with Crippen molar-refractivity contribution in [2.45, 2.75) is 31.6 Å². The zero-order valence-corrected chi connectivity index (χ0v) is 14.1. The maximum absolute atomic E-state index is 12.1. The molecule has 2 aromatic heterocycles. The van der Waals surface area contributed by atoms with E-state index in [4.69, 9.17) is 8.94 Å². The van der Waals surface area contributed by atoms with E-state index in [2.05, 4.69) is 10.1 Å². The number of rotatable bonds is 6. The molecule has 2 fully saturated rings. The summed E-state index contributed by atoms with van der Waals surface area (Å²) in [6.07, 6.45) is 3.09. The van der Waals surface area contributed by atoms with Crippen LogP contribution >= 0.6 is 0 Å². The number of hydrogen-bond acceptors (Lipinski definition) is 6. The molecule has 4 rings (SSSR count).